The lowest BCUT2D eigenvalue weighted by atomic mass is 10.1. The third-order valence-electron chi connectivity index (χ3n) is 4.85. The minimum Gasteiger partial charge on any atom is -0.355 e. The fourth-order valence-corrected chi connectivity index (χ4v) is 3.35. The molecule has 1 aliphatic heterocycles. The van der Waals surface area contributed by atoms with Crippen LogP contribution < -0.4 is 26.6 Å². The smallest absolute Gasteiger partial charge is 0.254 e. The zero-order valence-corrected chi connectivity index (χ0v) is 16.6. The Morgan fingerprint density at radius 3 is 2.87 bits per heavy atom. The summed E-state index contributed by atoms with van der Waals surface area (Å²) in [7, 11) is 1.58. The van der Waals surface area contributed by atoms with Crippen molar-refractivity contribution in [2.24, 2.45) is 0 Å². The third-order valence-corrected chi connectivity index (χ3v) is 4.85. The number of anilines is 4. The first-order valence-corrected chi connectivity index (χ1v) is 9.65. The number of fused-ring (bicyclic) bond motifs is 2. The minimum atomic E-state index is -0.236. The average Bonchev–Trinajstić information content (AvgIpc) is 3.21. The summed E-state index contributed by atoms with van der Waals surface area (Å²) in [5.41, 5.74) is 8.57. The van der Waals surface area contributed by atoms with Crippen molar-refractivity contribution in [3.63, 3.8) is 0 Å². The fraction of sp³-hybridized carbons (Fsp3) is 0.0952. The molecule has 1 aromatic carbocycles. The van der Waals surface area contributed by atoms with E-state index in [2.05, 4.69) is 47.6 Å². The summed E-state index contributed by atoms with van der Waals surface area (Å²) >= 11 is 0. The Labute approximate surface area is 177 Å². The van der Waals surface area contributed by atoms with E-state index in [1.54, 1.807) is 37.8 Å². The van der Waals surface area contributed by atoms with Crippen LogP contribution in [-0.4, -0.2) is 32.9 Å². The molecule has 10 nitrogen and oxygen atoms in total. The zero-order valence-electron chi connectivity index (χ0n) is 16.6. The largest absolute Gasteiger partial charge is 0.355 e. The molecule has 10 heteroatoms. The van der Waals surface area contributed by atoms with E-state index in [1.165, 1.54) is 0 Å². The predicted octanol–water partition coefficient (Wildman–Crippen LogP) is 2.37. The first kappa shape index (κ1) is 18.7. The van der Waals surface area contributed by atoms with Gasteiger partial charge in [0.2, 0.25) is 0 Å². The number of carbonyl (C=O) groups is 1. The van der Waals surface area contributed by atoms with Crippen molar-refractivity contribution >= 4 is 40.1 Å². The van der Waals surface area contributed by atoms with Crippen molar-refractivity contribution in [3.05, 3.63) is 72.2 Å². The molecule has 4 N–H and O–H groups in total. The number of pyridine rings is 2. The molecule has 0 aliphatic carbocycles. The van der Waals surface area contributed by atoms with E-state index >= 15 is 0 Å². The van der Waals surface area contributed by atoms with Crippen molar-refractivity contribution in [2.75, 3.05) is 22.8 Å². The Kier molecular flexibility index (Phi) is 4.73. The maximum Gasteiger partial charge on any atom is 0.254 e. The monoisotopic (exact) mass is 413 g/mol. The lowest BCUT2D eigenvalue weighted by Crippen LogP contribution is -2.35. The number of hydrogen-bond acceptors (Lipinski definition) is 9. The van der Waals surface area contributed by atoms with Crippen LogP contribution in [0.15, 0.2) is 61.1 Å². The van der Waals surface area contributed by atoms with Gasteiger partial charge in [-0.3, -0.25) is 20.2 Å². The highest BCUT2D eigenvalue weighted by Gasteiger charge is 2.23. The van der Waals surface area contributed by atoms with Crippen molar-refractivity contribution in [1.29, 1.82) is 0 Å². The number of aromatic nitrogens is 4. The van der Waals surface area contributed by atoms with Crippen LogP contribution in [0.2, 0.25) is 0 Å². The molecule has 0 atom stereocenters. The van der Waals surface area contributed by atoms with Gasteiger partial charge < -0.3 is 10.6 Å². The Morgan fingerprint density at radius 2 is 1.97 bits per heavy atom. The number of nitrogens with one attached hydrogen (secondary N) is 4. The van der Waals surface area contributed by atoms with Crippen molar-refractivity contribution in [1.82, 2.24) is 30.8 Å². The topological polar surface area (TPSA) is 120 Å². The van der Waals surface area contributed by atoms with Crippen molar-refractivity contribution < 1.29 is 4.79 Å². The molecular weight excluding hydrogens is 394 g/mol. The van der Waals surface area contributed by atoms with Gasteiger partial charge >= 0.3 is 0 Å². The van der Waals surface area contributed by atoms with E-state index in [-0.39, 0.29) is 5.91 Å². The average molecular weight is 413 g/mol. The number of rotatable bonds is 5. The van der Waals surface area contributed by atoms with Crippen LogP contribution in [0.1, 0.15) is 15.9 Å². The van der Waals surface area contributed by atoms with Gasteiger partial charge in [0, 0.05) is 24.8 Å². The number of benzene rings is 1. The summed E-state index contributed by atoms with van der Waals surface area (Å²) in [6.07, 6.45) is 4.98. The summed E-state index contributed by atoms with van der Waals surface area (Å²) in [6.45, 7) is 0.566. The highest BCUT2D eigenvalue weighted by molar-refractivity contribution is 5.99. The molecule has 4 aromatic rings. The molecule has 5 rings (SSSR count). The first-order chi connectivity index (χ1) is 15.2. The molecule has 1 aliphatic rings. The van der Waals surface area contributed by atoms with E-state index in [0.29, 0.717) is 35.4 Å². The van der Waals surface area contributed by atoms with Gasteiger partial charge in [-0.15, -0.1) is 5.53 Å². The third kappa shape index (κ3) is 3.67. The summed E-state index contributed by atoms with van der Waals surface area (Å²) in [5.74, 6) is 1.89. The quantitative estimate of drug-likeness (QED) is 0.391. The van der Waals surface area contributed by atoms with Crippen LogP contribution in [0.3, 0.4) is 0 Å². The maximum absolute atomic E-state index is 12.1. The lowest BCUT2D eigenvalue weighted by Gasteiger charge is -2.17. The minimum absolute atomic E-state index is 0.236. The standard InChI is InChI=1S/C21H19N9O/c1-22-21(31)15-5-3-9-24-18(15)26-17-11-25-19-20(27-17)30(29-28-19)12-13-6-7-16-14(10-13)4-2-8-23-16/h2-11,29H,12H2,1H3,(H,22,31)(H,25,28)(H,24,26,27). The SMILES string of the molecule is CNC(=O)c1cccnc1Nc1cnc2c(n1)N(Cc1ccc3ncccc3c1)NN2. The summed E-state index contributed by atoms with van der Waals surface area (Å²) in [6, 6.07) is 13.5. The van der Waals surface area contributed by atoms with Gasteiger partial charge in [-0.2, -0.15) is 0 Å². The molecule has 0 saturated carbocycles. The van der Waals surface area contributed by atoms with E-state index in [4.69, 9.17) is 0 Å². The number of nitrogens with zero attached hydrogens (tertiary/aromatic N) is 5. The van der Waals surface area contributed by atoms with Gasteiger partial charge in [-0.25, -0.2) is 15.0 Å². The van der Waals surface area contributed by atoms with Gasteiger partial charge in [-0.05, 0) is 35.9 Å². The molecule has 0 saturated heterocycles. The molecule has 154 valence electrons. The van der Waals surface area contributed by atoms with Gasteiger partial charge in [0.05, 0.1) is 23.8 Å². The number of carbonyl (C=O) groups excluding carboxylic acids is 1. The second-order valence-electron chi connectivity index (χ2n) is 6.88. The van der Waals surface area contributed by atoms with E-state index in [9.17, 15) is 4.79 Å². The van der Waals surface area contributed by atoms with Crippen LogP contribution in [0.25, 0.3) is 10.9 Å². The molecule has 0 bridgehead atoms. The zero-order chi connectivity index (χ0) is 21.2. The van der Waals surface area contributed by atoms with Crippen molar-refractivity contribution in [3.8, 4) is 0 Å². The molecule has 0 radical (unpaired) electrons. The molecule has 3 aromatic heterocycles. The van der Waals surface area contributed by atoms with E-state index < -0.39 is 0 Å². The number of hydrogen-bond donors (Lipinski definition) is 4. The normalized spacial score (nSPS) is 12.4. The Morgan fingerprint density at radius 1 is 1.10 bits per heavy atom. The Hall–Kier alpha value is -4.31. The van der Waals surface area contributed by atoms with Gasteiger partial charge in [0.15, 0.2) is 17.5 Å². The number of hydrazine groups is 2. The Balaban J connectivity index is 1.40. The highest BCUT2D eigenvalue weighted by atomic mass is 16.1. The predicted molar refractivity (Wildman–Crippen MR) is 118 cm³/mol. The number of amides is 1. The molecule has 31 heavy (non-hydrogen) atoms. The molecular formula is C21H19N9O. The summed E-state index contributed by atoms with van der Waals surface area (Å²) in [4.78, 5) is 29.8. The second kappa shape index (κ2) is 7.84. The molecule has 0 spiro atoms. The summed E-state index contributed by atoms with van der Waals surface area (Å²) < 4.78 is 0. The van der Waals surface area contributed by atoms with E-state index in [0.717, 1.165) is 16.5 Å². The van der Waals surface area contributed by atoms with Crippen molar-refractivity contribution in [2.45, 2.75) is 6.54 Å². The lowest BCUT2D eigenvalue weighted by molar-refractivity contribution is 0.0963. The van der Waals surface area contributed by atoms with Gasteiger partial charge in [0.1, 0.15) is 5.82 Å². The first-order valence-electron chi connectivity index (χ1n) is 9.65. The molecule has 0 fully saturated rings. The van der Waals surface area contributed by atoms with Crippen LogP contribution in [-0.2, 0) is 6.54 Å². The molecule has 4 heterocycles. The van der Waals surface area contributed by atoms with Crippen LogP contribution in [0, 0.1) is 0 Å². The molecule has 1 amide bonds. The molecule has 0 unspecified atom stereocenters. The second-order valence-corrected chi connectivity index (χ2v) is 6.88. The van der Waals surface area contributed by atoms with Gasteiger partial charge in [-0.1, -0.05) is 12.1 Å². The summed E-state index contributed by atoms with van der Waals surface area (Å²) in [5, 5.41) is 8.64. The fourth-order valence-electron chi connectivity index (χ4n) is 3.35. The van der Waals surface area contributed by atoms with Crippen LogP contribution in [0.5, 0.6) is 0 Å². The van der Waals surface area contributed by atoms with Crippen LogP contribution in [0.4, 0.5) is 23.3 Å². The van der Waals surface area contributed by atoms with Crippen LogP contribution >= 0.6 is 0 Å². The van der Waals surface area contributed by atoms with Gasteiger partial charge in [0.25, 0.3) is 5.91 Å². The highest BCUT2D eigenvalue weighted by Crippen LogP contribution is 2.28. The van der Waals surface area contributed by atoms with E-state index in [1.807, 2.05) is 29.3 Å². The maximum atomic E-state index is 12.1. The Bertz CT molecular complexity index is 1280.